The Bertz CT molecular complexity index is 731. The van der Waals surface area contributed by atoms with Gasteiger partial charge in [-0.05, 0) is 32.3 Å². The minimum atomic E-state index is -3.76. The Morgan fingerprint density at radius 1 is 1.09 bits per heavy atom. The number of nitrogens with zero attached hydrogens (tertiary/aromatic N) is 2. The summed E-state index contributed by atoms with van der Waals surface area (Å²) >= 11 is 13.0. The molecule has 0 saturated carbocycles. The number of para-hydroxylation sites is 1. The fraction of sp³-hybridized carbons (Fsp3) is 0.286. The average Bonchev–Trinajstić information content (AvgIpc) is 2.79. The van der Waals surface area contributed by atoms with Gasteiger partial charge in [0.2, 0.25) is 0 Å². The van der Waals surface area contributed by atoms with Gasteiger partial charge < -0.3 is 4.90 Å². The zero-order chi connectivity index (χ0) is 16.3. The van der Waals surface area contributed by atoms with Crippen molar-refractivity contribution in [3.63, 3.8) is 0 Å². The van der Waals surface area contributed by atoms with Gasteiger partial charge in [0.05, 0.1) is 10.0 Å². The summed E-state index contributed by atoms with van der Waals surface area (Å²) in [6.07, 6.45) is 0. The van der Waals surface area contributed by atoms with Crippen molar-refractivity contribution in [2.24, 2.45) is 0 Å². The quantitative estimate of drug-likeness (QED) is 0.766. The van der Waals surface area contributed by atoms with Gasteiger partial charge in [-0.25, -0.2) is 8.42 Å². The van der Waals surface area contributed by atoms with Gasteiger partial charge in [0.15, 0.2) is 0 Å². The Morgan fingerprint density at radius 2 is 1.73 bits per heavy atom. The molecule has 2 aromatic rings. The number of anilines is 1. The molecule has 120 valence electrons. The molecule has 4 nitrogen and oxygen atoms in total. The van der Waals surface area contributed by atoms with Crippen LogP contribution in [0.1, 0.15) is 0 Å². The highest BCUT2D eigenvalue weighted by molar-refractivity contribution is 7.93. The topological polar surface area (TPSA) is 40.6 Å². The minimum absolute atomic E-state index is 0.0479. The lowest BCUT2D eigenvalue weighted by atomic mass is 10.3. The first-order valence-electron chi connectivity index (χ1n) is 6.49. The lowest BCUT2D eigenvalue weighted by molar-refractivity contribution is 0.419. The molecule has 0 aliphatic carbocycles. The van der Waals surface area contributed by atoms with Crippen molar-refractivity contribution in [2.75, 3.05) is 31.5 Å². The summed E-state index contributed by atoms with van der Waals surface area (Å²) in [5, 5.41) is 0. The molecule has 1 aromatic heterocycles. The minimum Gasteiger partial charge on any atom is -0.308 e. The van der Waals surface area contributed by atoms with E-state index in [4.69, 9.17) is 23.2 Å². The van der Waals surface area contributed by atoms with Gasteiger partial charge in [0.1, 0.15) is 9.23 Å². The predicted octanol–water partition coefficient (Wildman–Crippen LogP) is 3.81. The van der Waals surface area contributed by atoms with E-state index in [1.165, 1.54) is 10.4 Å². The van der Waals surface area contributed by atoms with E-state index in [0.29, 0.717) is 23.1 Å². The summed E-state index contributed by atoms with van der Waals surface area (Å²) in [5.74, 6) is 0. The van der Waals surface area contributed by atoms with Crippen LogP contribution in [0.4, 0.5) is 5.69 Å². The predicted molar refractivity (Wildman–Crippen MR) is 93.9 cm³/mol. The smallest absolute Gasteiger partial charge is 0.266 e. The Labute approximate surface area is 144 Å². The monoisotopic (exact) mass is 378 g/mol. The molecule has 0 N–H and O–H groups in total. The highest BCUT2D eigenvalue weighted by atomic mass is 35.5. The van der Waals surface area contributed by atoms with E-state index in [0.717, 1.165) is 11.3 Å². The largest absolute Gasteiger partial charge is 0.308 e. The van der Waals surface area contributed by atoms with Crippen LogP contribution >= 0.6 is 34.5 Å². The van der Waals surface area contributed by atoms with Gasteiger partial charge in [0, 0.05) is 13.1 Å². The van der Waals surface area contributed by atoms with Crippen molar-refractivity contribution in [1.82, 2.24) is 4.90 Å². The molecule has 0 saturated heterocycles. The second-order valence-electron chi connectivity index (χ2n) is 4.90. The average molecular weight is 379 g/mol. The number of rotatable bonds is 6. The first-order chi connectivity index (χ1) is 10.3. The van der Waals surface area contributed by atoms with Crippen LogP contribution < -0.4 is 4.31 Å². The zero-order valence-electron chi connectivity index (χ0n) is 12.2. The maximum atomic E-state index is 13.0. The van der Waals surface area contributed by atoms with Crippen molar-refractivity contribution in [3.8, 4) is 0 Å². The highest BCUT2D eigenvalue weighted by Gasteiger charge is 2.28. The van der Waals surface area contributed by atoms with E-state index in [9.17, 15) is 8.42 Å². The molecular weight excluding hydrogens is 363 g/mol. The molecule has 0 fully saturated rings. The standard InChI is InChI=1S/C14H16Cl2N2O2S2/c1-17(2)8-9-18(11-6-4-3-5-7-11)22(19,20)12-10-13(15)21-14(12)16/h3-7,10H,8-9H2,1-2H3. The molecule has 0 amide bonds. The molecule has 0 aliphatic heterocycles. The van der Waals surface area contributed by atoms with Crippen LogP contribution in [0.15, 0.2) is 41.3 Å². The van der Waals surface area contributed by atoms with Crippen molar-refractivity contribution in [3.05, 3.63) is 45.1 Å². The van der Waals surface area contributed by atoms with Crippen LogP contribution in [0.5, 0.6) is 0 Å². The van der Waals surface area contributed by atoms with Gasteiger partial charge in [-0.2, -0.15) is 0 Å². The van der Waals surface area contributed by atoms with Gasteiger partial charge in [0.25, 0.3) is 10.0 Å². The lowest BCUT2D eigenvalue weighted by Gasteiger charge is -2.25. The fourth-order valence-electron chi connectivity index (χ4n) is 1.89. The van der Waals surface area contributed by atoms with Crippen LogP contribution in [0.3, 0.4) is 0 Å². The summed E-state index contributed by atoms with van der Waals surface area (Å²) in [6, 6.07) is 10.4. The van der Waals surface area contributed by atoms with Crippen LogP contribution in [0.2, 0.25) is 8.67 Å². The number of benzene rings is 1. The van der Waals surface area contributed by atoms with E-state index in [2.05, 4.69) is 0 Å². The molecule has 0 atom stereocenters. The number of hydrogen-bond donors (Lipinski definition) is 0. The number of halogens is 2. The Balaban J connectivity index is 2.46. The van der Waals surface area contributed by atoms with E-state index in [1.807, 2.05) is 25.1 Å². The summed E-state index contributed by atoms with van der Waals surface area (Å²) in [4.78, 5) is 1.97. The molecule has 0 aliphatic rings. The van der Waals surface area contributed by atoms with Crippen LogP contribution in [-0.2, 0) is 10.0 Å². The number of sulfonamides is 1. The Hall–Kier alpha value is -0.790. The third kappa shape index (κ3) is 3.94. The van der Waals surface area contributed by atoms with Gasteiger partial charge in [-0.3, -0.25) is 4.31 Å². The van der Waals surface area contributed by atoms with E-state index in [1.54, 1.807) is 24.3 Å². The lowest BCUT2D eigenvalue weighted by Crippen LogP contribution is -2.36. The Kier molecular flexibility index (Phi) is 5.74. The van der Waals surface area contributed by atoms with Crippen molar-refractivity contribution in [1.29, 1.82) is 0 Å². The normalized spacial score (nSPS) is 11.9. The van der Waals surface area contributed by atoms with Gasteiger partial charge in [-0.15, -0.1) is 11.3 Å². The second-order valence-corrected chi connectivity index (χ2v) is 9.02. The number of likely N-dealkylation sites (N-methyl/N-ethyl adjacent to an activating group) is 1. The summed E-state index contributed by atoms with van der Waals surface area (Å²) < 4.78 is 27.8. The maximum absolute atomic E-state index is 13.0. The van der Waals surface area contributed by atoms with Gasteiger partial charge >= 0.3 is 0 Å². The third-order valence-electron chi connectivity index (χ3n) is 2.99. The number of hydrogen-bond acceptors (Lipinski definition) is 4. The molecule has 0 spiro atoms. The maximum Gasteiger partial charge on any atom is 0.266 e. The van der Waals surface area contributed by atoms with E-state index in [-0.39, 0.29) is 9.23 Å². The molecule has 0 radical (unpaired) electrons. The van der Waals surface area contributed by atoms with Crippen molar-refractivity contribution >= 4 is 50.2 Å². The Morgan fingerprint density at radius 3 is 2.23 bits per heavy atom. The molecule has 0 unspecified atom stereocenters. The van der Waals surface area contributed by atoms with E-state index >= 15 is 0 Å². The highest BCUT2D eigenvalue weighted by Crippen LogP contribution is 2.36. The van der Waals surface area contributed by atoms with Gasteiger partial charge in [-0.1, -0.05) is 41.4 Å². The van der Waals surface area contributed by atoms with E-state index < -0.39 is 10.0 Å². The third-order valence-corrected chi connectivity index (χ3v) is 6.57. The SMILES string of the molecule is CN(C)CCN(c1ccccc1)S(=O)(=O)c1cc(Cl)sc1Cl. The summed E-state index contributed by atoms with van der Waals surface area (Å²) in [5.41, 5.74) is 0.600. The summed E-state index contributed by atoms with van der Waals surface area (Å²) in [6.45, 7) is 0.909. The fourth-order valence-corrected chi connectivity index (χ4v) is 5.46. The first-order valence-corrected chi connectivity index (χ1v) is 9.51. The molecular formula is C14H16Cl2N2O2S2. The molecule has 22 heavy (non-hydrogen) atoms. The molecule has 1 heterocycles. The molecule has 8 heteroatoms. The summed E-state index contributed by atoms with van der Waals surface area (Å²) in [7, 11) is 0.0272. The molecule has 1 aromatic carbocycles. The van der Waals surface area contributed by atoms with Crippen LogP contribution in [0.25, 0.3) is 0 Å². The van der Waals surface area contributed by atoms with Crippen molar-refractivity contribution in [2.45, 2.75) is 4.90 Å². The second kappa shape index (κ2) is 7.19. The first kappa shape index (κ1) is 17.6. The van der Waals surface area contributed by atoms with Crippen LogP contribution in [0, 0.1) is 0 Å². The molecule has 2 rings (SSSR count). The van der Waals surface area contributed by atoms with Crippen LogP contribution in [-0.4, -0.2) is 40.5 Å². The number of thiophene rings is 1. The zero-order valence-corrected chi connectivity index (χ0v) is 15.3. The van der Waals surface area contributed by atoms with Crippen molar-refractivity contribution < 1.29 is 8.42 Å². The molecule has 0 bridgehead atoms.